The van der Waals surface area contributed by atoms with Crippen molar-refractivity contribution < 1.29 is 31.1 Å². The highest BCUT2D eigenvalue weighted by Gasteiger charge is 2.30. The van der Waals surface area contributed by atoms with E-state index >= 15 is 0 Å². The van der Waals surface area contributed by atoms with Crippen LogP contribution in [0.4, 0.5) is 5.69 Å². The number of methoxy groups -OCH3 is 2. The van der Waals surface area contributed by atoms with E-state index in [2.05, 4.69) is 0 Å². The summed E-state index contributed by atoms with van der Waals surface area (Å²) in [6.07, 6.45) is 0. The van der Waals surface area contributed by atoms with Crippen LogP contribution in [0.3, 0.4) is 0 Å². The maximum Gasteiger partial charge on any atom is 0.340 e. The Bertz CT molecular complexity index is 1170. The average Bonchev–Trinajstić information content (AvgIpc) is 2.77. The summed E-state index contributed by atoms with van der Waals surface area (Å²) < 4.78 is 60.3. The van der Waals surface area contributed by atoms with Crippen LogP contribution in [0.15, 0.2) is 52.3 Å². The lowest BCUT2D eigenvalue weighted by Crippen LogP contribution is -2.49. The Balaban J connectivity index is 1.82. The first kappa shape index (κ1) is 23.0. The van der Waals surface area contributed by atoms with Gasteiger partial charge in [0.05, 0.1) is 35.3 Å². The first-order chi connectivity index (χ1) is 14.6. The molecule has 1 heterocycles. The van der Waals surface area contributed by atoms with Crippen molar-refractivity contribution in [3.05, 3.63) is 48.0 Å². The number of nitrogens with zero attached hydrogens (tertiary/aromatic N) is 2. The van der Waals surface area contributed by atoms with E-state index in [0.29, 0.717) is 24.5 Å². The highest BCUT2D eigenvalue weighted by atomic mass is 32.2. The lowest BCUT2D eigenvalue weighted by atomic mass is 10.1. The second-order valence-electron chi connectivity index (χ2n) is 6.78. The number of sulfonamides is 2. The third kappa shape index (κ3) is 4.82. The van der Waals surface area contributed by atoms with Crippen LogP contribution in [0.1, 0.15) is 10.4 Å². The summed E-state index contributed by atoms with van der Waals surface area (Å²) in [4.78, 5) is 14.0. The van der Waals surface area contributed by atoms with Crippen LogP contribution in [0.5, 0.6) is 5.75 Å². The number of carbonyl (C=O) groups is 1. The zero-order chi connectivity index (χ0) is 22.8. The zero-order valence-electron chi connectivity index (χ0n) is 17.0. The monoisotopic (exact) mass is 469 g/mol. The first-order valence-electron chi connectivity index (χ1n) is 9.22. The van der Waals surface area contributed by atoms with Gasteiger partial charge in [-0.3, -0.25) is 0 Å². The van der Waals surface area contributed by atoms with Gasteiger partial charge in [0.2, 0.25) is 20.0 Å². The molecule has 12 heteroatoms. The highest BCUT2D eigenvalue weighted by Crippen LogP contribution is 2.27. The van der Waals surface area contributed by atoms with Crippen molar-refractivity contribution in [2.24, 2.45) is 5.14 Å². The van der Waals surface area contributed by atoms with Crippen LogP contribution >= 0.6 is 0 Å². The number of nitrogens with two attached hydrogens (primary N) is 1. The minimum atomic E-state index is -4.00. The lowest BCUT2D eigenvalue weighted by Gasteiger charge is -2.36. The number of rotatable bonds is 6. The summed E-state index contributed by atoms with van der Waals surface area (Å²) in [6.45, 7) is 0.972. The Kier molecular flexibility index (Phi) is 6.55. The van der Waals surface area contributed by atoms with E-state index in [4.69, 9.17) is 14.6 Å². The van der Waals surface area contributed by atoms with Gasteiger partial charge >= 0.3 is 5.97 Å². The molecule has 0 unspecified atom stereocenters. The second-order valence-corrected chi connectivity index (χ2v) is 10.3. The zero-order valence-corrected chi connectivity index (χ0v) is 18.6. The molecule has 31 heavy (non-hydrogen) atoms. The molecule has 2 aromatic rings. The van der Waals surface area contributed by atoms with Gasteiger partial charge in [-0.25, -0.2) is 26.8 Å². The van der Waals surface area contributed by atoms with E-state index < -0.39 is 26.0 Å². The molecule has 1 saturated heterocycles. The quantitative estimate of drug-likeness (QED) is 0.609. The van der Waals surface area contributed by atoms with Gasteiger partial charge in [0.25, 0.3) is 0 Å². The van der Waals surface area contributed by atoms with Crippen molar-refractivity contribution in [3.63, 3.8) is 0 Å². The average molecular weight is 470 g/mol. The molecular formula is C19H23N3O7S2. The molecule has 2 N–H and O–H groups in total. The number of hydrogen-bond acceptors (Lipinski definition) is 8. The van der Waals surface area contributed by atoms with Crippen LogP contribution in [-0.2, 0) is 24.8 Å². The van der Waals surface area contributed by atoms with Crippen LogP contribution < -0.4 is 14.8 Å². The van der Waals surface area contributed by atoms with Crippen molar-refractivity contribution in [2.75, 3.05) is 45.3 Å². The van der Waals surface area contributed by atoms with Gasteiger partial charge in [-0.1, -0.05) is 0 Å². The molecule has 0 aliphatic carbocycles. The second kappa shape index (κ2) is 8.83. The van der Waals surface area contributed by atoms with E-state index in [0.717, 1.165) is 6.07 Å². The molecule has 1 fully saturated rings. The van der Waals surface area contributed by atoms with Crippen molar-refractivity contribution >= 4 is 31.7 Å². The molecule has 10 nitrogen and oxygen atoms in total. The van der Waals surface area contributed by atoms with Crippen molar-refractivity contribution in [3.8, 4) is 5.75 Å². The van der Waals surface area contributed by atoms with E-state index in [1.807, 2.05) is 0 Å². The summed E-state index contributed by atoms with van der Waals surface area (Å²) in [5.74, 6) is -0.157. The van der Waals surface area contributed by atoms with Crippen LogP contribution in [-0.4, -0.2) is 67.5 Å². The summed E-state index contributed by atoms with van der Waals surface area (Å²) in [7, 11) is -5.00. The topological polar surface area (TPSA) is 136 Å². The van der Waals surface area contributed by atoms with Gasteiger partial charge in [-0.15, -0.1) is 0 Å². The number of benzene rings is 2. The lowest BCUT2D eigenvalue weighted by molar-refractivity contribution is 0.0601. The Morgan fingerprint density at radius 2 is 1.48 bits per heavy atom. The predicted octanol–water partition coefficient (Wildman–Crippen LogP) is 0.640. The SMILES string of the molecule is COC(=O)c1cc(S(N)(=O)=O)ccc1N1CCN(S(=O)(=O)c2ccc(OC)cc2)CC1. The fourth-order valence-electron chi connectivity index (χ4n) is 3.31. The number of anilines is 1. The summed E-state index contributed by atoms with van der Waals surface area (Å²) >= 11 is 0. The largest absolute Gasteiger partial charge is 0.497 e. The standard InChI is InChI=1S/C19H23N3O7S2/c1-28-14-3-5-15(6-4-14)31(26,27)22-11-9-21(10-12-22)18-8-7-16(30(20,24)25)13-17(18)19(23)29-2/h3-8,13H,9-12H2,1-2H3,(H2,20,24,25). The normalized spacial score (nSPS) is 15.5. The smallest absolute Gasteiger partial charge is 0.340 e. The molecule has 0 bridgehead atoms. The number of esters is 1. The minimum Gasteiger partial charge on any atom is -0.497 e. The molecule has 1 aliphatic heterocycles. The Morgan fingerprint density at radius 3 is 2.00 bits per heavy atom. The molecule has 168 valence electrons. The van der Waals surface area contributed by atoms with Gasteiger partial charge in [0.1, 0.15) is 5.75 Å². The molecule has 0 atom stereocenters. The molecule has 0 amide bonds. The number of carbonyl (C=O) groups excluding carboxylic acids is 1. The summed E-state index contributed by atoms with van der Waals surface area (Å²) in [5.41, 5.74) is 0.487. The third-order valence-corrected chi connectivity index (χ3v) is 7.80. The first-order valence-corrected chi connectivity index (χ1v) is 12.2. The van der Waals surface area contributed by atoms with Gasteiger partial charge in [-0.2, -0.15) is 4.31 Å². The molecule has 0 spiro atoms. The van der Waals surface area contributed by atoms with E-state index in [1.54, 1.807) is 17.0 Å². The molecule has 0 saturated carbocycles. The van der Waals surface area contributed by atoms with Crippen LogP contribution in [0.2, 0.25) is 0 Å². The number of piperazine rings is 1. The Hall–Kier alpha value is -2.67. The van der Waals surface area contributed by atoms with Gasteiger partial charge < -0.3 is 14.4 Å². The minimum absolute atomic E-state index is 0.0421. The predicted molar refractivity (Wildman–Crippen MR) is 113 cm³/mol. The maximum absolute atomic E-state index is 12.9. The van der Waals surface area contributed by atoms with E-state index in [1.165, 1.54) is 42.8 Å². The van der Waals surface area contributed by atoms with Gasteiger partial charge in [0, 0.05) is 26.2 Å². The highest BCUT2D eigenvalue weighted by molar-refractivity contribution is 7.89. The van der Waals surface area contributed by atoms with Gasteiger partial charge in [-0.05, 0) is 42.5 Å². The molecule has 1 aliphatic rings. The fraction of sp³-hybridized carbons (Fsp3) is 0.316. The number of ether oxygens (including phenoxy) is 2. The number of hydrogen-bond donors (Lipinski definition) is 1. The number of primary sulfonamides is 1. The molecule has 2 aromatic carbocycles. The molecule has 0 radical (unpaired) electrons. The molecule has 3 rings (SSSR count). The van der Waals surface area contributed by atoms with E-state index in [-0.39, 0.29) is 28.4 Å². The fourth-order valence-corrected chi connectivity index (χ4v) is 5.27. The van der Waals surface area contributed by atoms with Crippen LogP contribution in [0, 0.1) is 0 Å². The van der Waals surface area contributed by atoms with Gasteiger partial charge in [0.15, 0.2) is 0 Å². The maximum atomic E-state index is 12.9. The summed E-state index contributed by atoms with van der Waals surface area (Å²) in [6, 6.07) is 10.1. The van der Waals surface area contributed by atoms with Crippen molar-refractivity contribution in [2.45, 2.75) is 9.79 Å². The Labute approximate surface area is 181 Å². The van der Waals surface area contributed by atoms with Crippen molar-refractivity contribution in [1.82, 2.24) is 4.31 Å². The van der Waals surface area contributed by atoms with E-state index in [9.17, 15) is 21.6 Å². The Morgan fingerprint density at radius 1 is 0.903 bits per heavy atom. The molecule has 0 aromatic heterocycles. The third-order valence-electron chi connectivity index (χ3n) is 4.98. The molecular weight excluding hydrogens is 446 g/mol. The van der Waals surface area contributed by atoms with Crippen molar-refractivity contribution in [1.29, 1.82) is 0 Å². The van der Waals surface area contributed by atoms with Crippen LogP contribution in [0.25, 0.3) is 0 Å². The summed E-state index contributed by atoms with van der Waals surface area (Å²) in [5, 5.41) is 5.16.